The van der Waals surface area contributed by atoms with Crippen molar-refractivity contribution in [3.8, 4) is 0 Å². The van der Waals surface area contributed by atoms with Gasteiger partial charge in [-0.25, -0.2) is 15.0 Å². The van der Waals surface area contributed by atoms with E-state index in [1.54, 1.807) is 0 Å². The number of aldehydes is 1. The number of imidazole rings is 2. The van der Waals surface area contributed by atoms with Crippen molar-refractivity contribution in [2.75, 3.05) is 0 Å². The SMILES string of the molecule is O=Cc1cnc2c3ncn(CC(=O)O)c3ncn12. The van der Waals surface area contributed by atoms with E-state index in [-0.39, 0.29) is 6.54 Å². The van der Waals surface area contributed by atoms with E-state index in [4.69, 9.17) is 5.11 Å². The van der Waals surface area contributed by atoms with Crippen LogP contribution in [0.25, 0.3) is 16.8 Å². The van der Waals surface area contributed by atoms with E-state index < -0.39 is 5.97 Å². The number of hydrogen-bond acceptors (Lipinski definition) is 5. The van der Waals surface area contributed by atoms with E-state index in [2.05, 4.69) is 15.0 Å². The summed E-state index contributed by atoms with van der Waals surface area (Å²) in [6, 6.07) is 0. The molecule has 3 heterocycles. The fraction of sp³-hybridized carbons (Fsp3) is 0.100. The molecule has 3 aromatic rings. The fourth-order valence-electron chi connectivity index (χ4n) is 1.80. The van der Waals surface area contributed by atoms with Crippen LogP contribution in [0.2, 0.25) is 0 Å². The highest BCUT2D eigenvalue weighted by Crippen LogP contribution is 2.16. The summed E-state index contributed by atoms with van der Waals surface area (Å²) < 4.78 is 2.92. The summed E-state index contributed by atoms with van der Waals surface area (Å²) in [5.74, 6) is -0.979. The van der Waals surface area contributed by atoms with Crippen LogP contribution in [-0.4, -0.2) is 41.3 Å². The summed E-state index contributed by atoms with van der Waals surface area (Å²) in [5, 5.41) is 8.76. The molecule has 0 radical (unpaired) electrons. The molecule has 0 saturated heterocycles. The summed E-state index contributed by atoms with van der Waals surface area (Å²) in [6.07, 6.45) is 4.90. The van der Waals surface area contributed by atoms with Crippen molar-refractivity contribution in [1.29, 1.82) is 0 Å². The van der Waals surface area contributed by atoms with Gasteiger partial charge in [-0.15, -0.1) is 0 Å². The summed E-state index contributed by atoms with van der Waals surface area (Å²) in [6.45, 7) is -0.221. The van der Waals surface area contributed by atoms with Gasteiger partial charge >= 0.3 is 5.97 Å². The van der Waals surface area contributed by atoms with E-state index in [1.165, 1.54) is 27.8 Å². The van der Waals surface area contributed by atoms with Crippen molar-refractivity contribution < 1.29 is 14.7 Å². The molecule has 0 aliphatic carbocycles. The molecule has 8 heteroatoms. The lowest BCUT2D eigenvalue weighted by molar-refractivity contribution is -0.137. The molecule has 0 aliphatic rings. The third-order valence-electron chi connectivity index (χ3n) is 2.57. The van der Waals surface area contributed by atoms with Gasteiger partial charge in [-0.2, -0.15) is 0 Å². The number of aromatic nitrogens is 5. The second-order valence-corrected chi connectivity index (χ2v) is 3.68. The highest BCUT2D eigenvalue weighted by atomic mass is 16.4. The maximum atomic E-state index is 10.8. The van der Waals surface area contributed by atoms with Crippen LogP contribution in [0.5, 0.6) is 0 Å². The molecular formula is C10H7N5O3. The largest absolute Gasteiger partial charge is 0.480 e. The van der Waals surface area contributed by atoms with Crippen molar-refractivity contribution in [1.82, 2.24) is 23.9 Å². The van der Waals surface area contributed by atoms with Crippen molar-refractivity contribution in [3.05, 3.63) is 24.5 Å². The van der Waals surface area contributed by atoms with Gasteiger partial charge in [0.15, 0.2) is 23.1 Å². The Labute approximate surface area is 99.5 Å². The molecule has 0 atom stereocenters. The third-order valence-corrected chi connectivity index (χ3v) is 2.57. The average molecular weight is 245 g/mol. The first-order valence-corrected chi connectivity index (χ1v) is 5.04. The Morgan fingerprint density at radius 3 is 2.83 bits per heavy atom. The Kier molecular flexibility index (Phi) is 2.09. The maximum Gasteiger partial charge on any atom is 0.323 e. The molecule has 0 aliphatic heterocycles. The molecule has 0 spiro atoms. The van der Waals surface area contributed by atoms with Crippen LogP contribution in [0.3, 0.4) is 0 Å². The molecule has 0 aromatic carbocycles. The van der Waals surface area contributed by atoms with E-state index in [0.29, 0.717) is 28.8 Å². The molecule has 1 N–H and O–H groups in total. The Morgan fingerprint density at radius 2 is 2.11 bits per heavy atom. The van der Waals surface area contributed by atoms with Gasteiger partial charge in [0.05, 0.1) is 12.5 Å². The molecule has 0 bridgehead atoms. The predicted octanol–water partition coefficient (Wildman–Crippen LogP) is -0.0239. The van der Waals surface area contributed by atoms with Crippen LogP contribution in [0.4, 0.5) is 0 Å². The molecule has 3 rings (SSSR count). The summed E-state index contributed by atoms with van der Waals surface area (Å²) in [7, 11) is 0. The number of aliphatic carboxylic acids is 1. The summed E-state index contributed by atoms with van der Waals surface area (Å²) >= 11 is 0. The molecule has 0 amide bonds. The number of rotatable bonds is 3. The Balaban J connectivity index is 2.29. The quantitative estimate of drug-likeness (QED) is 0.650. The van der Waals surface area contributed by atoms with E-state index in [1.807, 2.05) is 0 Å². The Hall–Kier alpha value is -2.77. The highest BCUT2D eigenvalue weighted by Gasteiger charge is 2.13. The van der Waals surface area contributed by atoms with Crippen LogP contribution in [0.15, 0.2) is 18.9 Å². The monoisotopic (exact) mass is 245 g/mol. The normalized spacial score (nSPS) is 11.1. The first kappa shape index (κ1) is 10.4. The maximum absolute atomic E-state index is 10.8. The van der Waals surface area contributed by atoms with Gasteiger partial charge in [0.1, 0.15) is 18.6 Å². The van der Waals surface area contributed by atoms with E-state index in [9.17, 15) is 9.59 Å². The number of carbonyl (C=O) groups excluding carboxylic acids is 1. The number of carbonyl (C=O) groups is 2. The van der Waals surface area contributed by atoms with Gasteiger partial charge in [-0.1, -0.05) is 0 Å². The van der Waals surface area contributed by atoms with Crippen LogP contribution in [0, 0.1) is 0 Å². The predicted molar refractivity (Wildman–Crippen MR) is 59.3 cm³/mol. The van der Waals surface area contributed by atoms with Crippen LogP contribution in [0.1, 0.15) is 10.5 Å². The van der Waals surface area contributed by atoms with Crippen molar-refractivity contribution in [2.24, 2.45) is 0 Å². The zero-order chi connectivity index (χ0) is 12.7. The first-order valence-electron chi connectivity index (χ1n) is 5.04. The minimum atomic E-state index is -0.979. The zero-order valence-corrected chi connectivity index (χ0v) is 9.02. The standard InChI is InChI=1S/C10H7N5O3/c16-3-6-1-11-10-8-9(13-5-15(6)10)14(4-12-8)2-7(17)18/h1,3-5H,2H2,(H,17,18). The highest BCUT2D eigenvalue weighted by molar-refractivity contribution is 5.88. The Bertz CT molecular complexity index is 772. The number of hydrogen-bond donors (Lipinski definition) is 1. The first-order chi connectivity index (χ1) is 8.70. The molecule has 0 fully saturated rings. The van der Waals surface area contributed by atoms with Gasteiger partial charge in [-0.05, 0) is 0 Å². The fourth-order valence-corrected chi connectivity index (χ4v) is 1.80. The third kappa shape index (κ3) is 1.35. The average Bonchev–Trinajstić information content (AvgIpc) is 2.91. The lowest BCUT2D eigenvalue weighted by Gasteiger charge is -1.99. The van der Waals surface area contributed by atoms with Crippen molar-refractivity contribution in [2.45, 2.75) is 6.54 Å². The van der Waals surface area contributed by atoms with Crippen LogP contribution in [-0.2, 0) is 11.3 Å². The second kappa shape index (κ2) is 3.62. The van der Waals surface area contributed by atoms with Crippen LogP contribution >= 0.6 is 0 Å². The number of nitrogens with zero attached hydrogens (tertiary/aromatic N) is 5. The van der Waals surface area contributed by atoms with Crippen molar-refractivity contribution in [3.63, 3.8) is 0 Å². The lowest BCUT2D eigenvalue weighted by atomic mass is 10.5. The van der Waals surface area contributed by atoms with Gasteiger partial charge < -0.3 is 9.67 Å². The Morgan fingerprint density at radius 1 is 1.28 bits per heavy atom. The van der Waals surface area contributed by atoms with Gasteiger partial charge in [0.25, 0.3) is 0 Å². The summed E-state index contributed by atoms with van der Waals surface area (Å²) in [4.78, 5) is 33.7. The molecule has 3 aromatic heterocycles. The lowest BCUT2D eigenvalue weighted by Crippen LogP contribution is -2.08. The molecule has 90 valence electrons. The van der Waals surface area contributed by atoms with Gasteiger partial charge in [-0.3, -0.25) is 14.0 Å². The number of fused-ring (bicyclic) bond motifs is 3. The van der Waals surface area contributed by atoms with Crippen molar-refractivity contribution >= 4 is 29.1 Å². The zero-order valence-electron chi connectivity index (χ0n) is 9.02. The van der Waals surface area contributed by atoms with Crippen LogP contribution < -0.4 is 0 Å². The smallest absolute Gasteiger partial charge is 0.323 e. The van der Waals surface area contributed by atoms with Gasteiger partial charge in [0, 0.05) is 0 Å². The van der Waals surface area contributed by atoms with E-state index in [0.717, 1.165) is 0 Å². The summed E-state index contributed by atoms with van der Waals surface area (Å²) in [5.41, 5.74) is 1.73. The molecular weight excluding hydrogens is 238 g/mol. The number of carboxylic acids is 1. The van der Waals surface area contributed by atoms with E-state index >= 15 is 0 Å². The molecule has 0 unspecified atom stereocenters. The topological polar surface area (TPSA) is 102 Å². The minimum absolute atomic E-state index is 0.221. The molecule has 8 nitrogen and oxygen atoms in total. The molecule has 0 saturated carbocycles. The minimum Gasteiger partial charge on any atom is -0.480 e. The number of carboxylic acid groups (broad SMARTS) is 1. The molecule has 18 heavy (non-hydrogen) atoms. The van der Waals surface area contributed by atoms with Gasteiger partial charge in [0.2, 0.25) is 0 Å². The second-order valence-electron chi connectivity index (χ2n) is 3.68.